The number of carbonyl (C=O) groups excluding carboxylic acids is 2. The molecular weight excluding hydrogens is 296 g/mol. The maximum absolute atomic E-state index is 12.2. The van der Waals surface area contributed by atoms with Crippen molar-refractivity contribution < 1.29 is 19.4 Å². The first-order valence-corrected chi connectivity index (χ1v) is 7.01. The van der Waals surface area contributed by atoms with Gasteiger partial charge in [0.1, 0.15) is 11.8 Å². The molecule has 120 valence electrons. The summed E-state index contributed by atoms with van der Waals surface area (Å²) in [5.41, 5.74) is 7.33. The Balaban J connectivity index is 2.12. The van der Waals surface area contributed by atoms with Crippen LogP contribution in [-0.4, -0.2) is 30.1 Å². The zero-order valence-corrected chi connectivity index (χ0v) is 12.7. The van der Waals surface area contributed by atoms with Crippen LogP contribution in [-0.2, 0) is 16.0 Å². The van der Waals surface area contributed by atoms with Crippen LogP contribution in [0, 0.1) is 0 Å². The standard InChI is InChI=1S/C17H18N2O4/c1-23-17(22)15(10-11-2-8-14(20)9-3-11)19-16(21)12-4-6-13(18)7-5-12/h2-9,15,20H,10,18H2,1H3,(H,19,21). The van der Waals surface area contributed by atoms with Crippen LogP contribution in [0.25, 0.3) is 0 Å². The van der Waals surface area contributed by atoms with Crippen molar-refractivity contribution in [1.29, 1.82) is 0 Å². The van der Waals surface area contributed by atoms with E-state index in [0.29, 0.717) is 11.3 Å². The number of benzene rings is 2. The molecule has 2 aromatic carbocycles. The first kappa shape index (κ1) is 16.4. The van der Waals surface area contributed by atoms with Crippen LogP contribution in [0.3, 0.4) is 0 Å². The van der Waals surface area contributed by atoms with Crippen molar-refractivity contribution in [2.75, 3.05) is 12.8 Å². The Labute approximate surface area is 133 Å². The van der Waals surface area contributed by atoms with Crippen LogP contribution in [0.5, 0.6) is 5.75 Å². The molecule has 1 amide bonds. The summed E-state index contributed by atoms with van der Waals surface area (Å²) in [6, 6.07) is 12.0. The van der Waals surface area contributed by atoms with Crippen molar-refractivity contribution in [1.82, 2.24) is 5.32 Å². The lowest BCUT2D eigenvalue weighted by Gasteiger charge is -2.17. The molecule has 0 spiro atoms. The SMILES string of the molecule is COC(=O)C(Cc1ccc(O)cc1)NC(=O)c1ccc(N)cc1. The summed E-state index contributed by atoms with van der Waals surface area (Å²) in [6.07, 6.45) is 0.258. The van der Waals surface area contributed by atoms with Crippen molar-refractivity contribution in [3.05, 3.63) is 59.7 Å². The highest BCUT2D eigenvalue weighted by atomic mass is 16.5. The fourth-order valence-corrected chi connectivity index (χ4v) is 2.08. The number of aromatic hydroxyl groups is 1. The van der Waals surface area contributed by atoms with Crippen LogP contribution in [0.15, 0.2) is 48.5 Å². The second-order valence-electron chi connectivity index (χ2n) is 5.04. The van der Waals surface area contributed by atoms with E-state index < -0.39 is 12.0 Å². The van der Waals surface area contributed by atoms with Crippen LogP contribution >= 0.6 is 0 Å². The Bertz CT molecular complexity index is 681. The molecule has 1 atom stereocenters. The molecule has 23 heavy (non-hydrogen) atoms. The van der Waals surface area contributed by atoms with Crippen LogP contribution in [0.2, 0.25) is 0 Å². The fraction of sp³-hybridized carbons (Fsp3) is 0.176. The van der Waals surface area contributed by atoms with Gasteiger partial charge < -0.3 is 20.9 Å². The minimum atomic E-state index is -0.824. The Hall–Kier alpha value is -3.02. The van der Waals surface area contributed by atoms with Gasteiger partial charge >= 0.3 is 5.97 Å². The maximum Gasteiger partial charge on any atom is 0.328 e. The first-order chi connectivity index (χ1) is 11.0. The molecule has 2 aromatic rings. The molecule has 0 bridgehead atoms. The Morgan fingerprint density at radius 1 is 1.13 bits per heavy atom. The Kier molecular flexibility index (Phi) is 5.19. The third kappa shape index (κ3) is 4.47. The highest BCUT2D eigenvalue weighted by molar-refractivity contribution is 5.97. The molecular formula is C17H18N2O4. The third-order valence-electron chi connectivity index (χ3n) is 3.34. The molecule has 0 radical (unpaired) electrons. The van der Waals surface area contributed by atoms with Gasteiger partial charge in [0.15, 0.2) is 0 Å². The Morgan fingerprint density at radius 2 is 1.74 bits per heavy atom. The van der Waals surface area contributed by atoms with Gasteiger partial charge in [0.05, 0.1) is 7.11 Å². The van der Waals surface area contributed by atoms with Crippen LogP contribution in [0.1, 0.15) is 15.9 Å². The smallest absolute Gasteiger partial charge is 0.328 e. The summed E-state index contributed by atoms with van der Waals surface area (Å²) in [7, 11) is 1.27. The number of phenolic OH excluding ortho intramolecular Hbond substituents is 1. The van der Waals surface area contributed by atoms with E-state index in [-0.39, 0.29) is 18.1 Å². The molecule has 6 heteroatoms. The minimum absolute atomic E-state index is 0.134. The number of esters is 1. The maximum atomic E-state index is 12.2. The molecule has 0 saturated carbocycles. The van der Waals surface area contributed by atoms with E-state index >= 15 is 0 Å². The number of phenols is 1. The number of hydrogen-bond acceptors (Lipinski definition) is 5. The van der Waals surface area contributed by atoms with Crippen molar-refractivity contribution >= 4 is 17.6 Å². The van der Waals surface area contributed by atoms with E-state index in [1.165, 1.54) is 19.2 Å². The van der Waals surface area contributed by atoms with Gasteiger partial charge in [0.25, 0.3) is 5.91 Å². The van der Waals surface area contributed by atoms with Crippen molar-refractivity contribution in [2.45, 2.75) is 12.5 Å². The fourth-order valence-electron chi connectivity index (χ4n) is 2.08. The van der Waals surface area contributed by atoms with Gasteiger partial charge in [-0.3, -0.25) is 4.79 Å². The van der Waals surface area contributed by atoms with Crippen molar-refractivity contribution in [3.63, 3.8) is 0 Å². The van der Waals surface area contributed by atoms with Gasteiger partial charge in [0, 0.05) is 17.7 Å². The van der Waals surface area contributed by atoms with E-state index in [9.17, 15) is 14.7 Å². The van der Waals surface area contributed by atoms with E-state index in [1.807, 2.05) is 0 Å². The summed E-state index contributed by atoms with van der Waals surface area (Å²) in [5.74, 6) is -0.796. The molecule has 1 unspecified atom stereocenters. The monoisotopic (exact) mass is 314 g/mol. The first-order valence-electron chi connectivity index (χ1n) is 7.01. The lowest BCUT2D eigenvalue weighted by molar-refractivity contribution is -0.142. The highest BCUT2D eigenvalue weighted by Gasteiger charge is 2.22. The summed E-state index contributed by atoms with van der Waals surface area (Å²) in [5, 5.41) is 11.9. The normalized spacial score (nSPS) is 11.5. The Morgan fingerprint density at radius 3 is 2.30 bits per heavy atom. The van der Waals surface area contributed by atoms with Gasteiger partial charge in [-0.1, -0.05) is 12.1 Å². The number of carbonyl (C=O) groups is 2. The number of nitrogens with two attached hydrogens (primary N) is 1. The van der Waals surface area contributed by atoms with Crippen molar-refractivity contribution in [2.24, 2.45) is 0 Å². The number of nitrogen functional groups attached to an aromatic ring is 1. The second-order valence-corrected chi connectivity index (χ2v) is 5.04. The summed E-state index contributed by atoms with van der Waals surface area (Å²) in [6.45, 7) is 0. The molecule has 0 fully saturated rings. The van der Waals surface area contributed by atoms with Gasteiger partial charge in [-0.05, 0) is 42.0 Å². The number of nitrogens with one attached hydrogen (secondary N) is 1. The van der Waals surface area contributed by atoms with Crippen LogP contribution in [0.4, 0.5) is 5.69 Å². The molecule has 0 aliphatic rings. The summed E-state index contributed by atoms with van der Waals surface area (Å²) in [4.78, 5) is 24.1. The van der Waals surface area contributed by atoms with E-state index in [0.717, 1.165) is 5.56 Å². The number of methoxy groups -OCH3 is 1. The largest absolute Gasteiger partial charge is 0.508 e. The number of rotatable bonds is 5. The van der Waals surface area contributed by atoms with E-state index in [1.54, 1.807) is 36.4 Å². The van der Waals surface area contributed by atoms with Gasteiger partial charge in [0.2, 0.25) is 0 Å². The number of amides is 1. The average Bonchev–Trinajstić information content (AvgIpc) is 2.56. The quantitative estimate of drug-likeness (QED) is 0.573. The molecule has 4 N–H and O–H groups in total. The van der Waals surface area contributed by atoms with Crippen LogP contribution < -0.4 is 11.1 Å². The zero-order valence-electron chi connectivity index (χ0n) is 12.7. The number of hydrogen-bond donors (Lipinski definition) is 3. The summed E-state index contributed by atoms with van der Waals surface area (Å²) < 4.78 is 4.74. The van der Waals surface area contributed by atoms with Gasteiger partial charge in [-0.2, -0.15) is 0 Å². The minimum Gasteiger partial charge on any atom is -0.508 e. The third-order valence-corrected chi connectivity index (χ3v) is 3.34. The molecule has 6 nitrogen and oxygen atoms in total. The topological polar surface area (TPSA) is 102 Å². The van der Waals surface area contributed by atoms with Crippen molar-refractivity contribution in [3.8, 4) is 5.75 Å². The van der Waals surface area contributed by atoms with E-state index in [2.05, 4.69) is 5.32 Å². The number of ether oxygens (including phenoxy) is 1. The average molecular weight is 314 g/mol. The number of anilines is 1. The molecule has 0 heterocycles. The molecule has 0 aromatic heterocycles. The second kappa shape index (κ2) is 7.31. The molecule has 0 saturated heterocycles. The zero-order chi connectivity index (χ0) is 16.8. The van der Waals surface area contributed by atoms with Gasteiger partial charge in [-0.15, -0.1) is 0 Å². The molecule has 0 aliphatic heterocycles. The summed E-state index contributed by atoms with van der Waals surface area (Å²) >= 11 is 0. The predicted molar refractivity (Wildman–Crippen MR) is 85.9 cm³/mol. The highest BCUT2D eigenvalue weighted by Crippen LogP contribution is 2.12. The lowest BCUT2D eigenvalue weighted by atomic mass is 10.1. The molecule has 2 rings (SSSR count). The molecule has 0 aliphatic carbocycles. The lowest BCUT2D eigenvalue weighted by Crippen LogP contribution is -2.43. The van der Waals surface area contributed by atoms with E-state index in [4.69, 9.17) is 10.5 Å². The van der Waals surface area contributed by atoms with Gasteiger partial charge in [-0.25, -0.2) is 4.79 Å². The predicted octanol–water partition coefficient (Wildman–Crippen LogP) is 1.49.